The van der Waals surface area contributed by atoms with Gasteiger partial charge in [0.2, 0.25) is 0 Å². The summed E-state index contributed by atoms with van der Waals surface area (Å²) in [4.78, 5) is 11.8. The summed E-state index contributed by atoms with van der Waals surface area (Å²) < 4.78 is 5.30. The molecule has 1 aromatic rings. The molecule has 0 aliphatic carbocycles. The summed E-state index contributed by atoms with van der Waals surface area (Å²) in [5, 5.41) is 0. The number of carbonyl (C=O) groups is 1. The quantitative estimate of drug-likeness (QED) is 0.629. The molecular formula is C14H22N2O2. The van der Waals surface area contributed by atoms with Gasteiger partial charge in [-0.15, -0.1) is 0 Å². The summed E-state index contributed by atoms with van der Waals surface area (Å²) in [5.74, 6) is -0.231. The lowest BCUT2D eigenvalue weighted by Gasteiger charge is -2.20. The molecule has 0 bridgehead atoms. The Kier molecular flexibility index (Phi) is 4.73. The highest BCUT2D eigenvalue weighted by Gasteiger charge is 2.17. The number of hydrogen-bond donors (Lipinski definition) is 2. The van der Waals surface area contributed by atoms with E-state index in [1.807, 2.05) is 32.9 Å². The largest absolute Gasteiger partial charge is 0.460 e. The van der Waals surface area contributed by atoms with Crippen LogP contribution in [0.4, 0.5) is 5.69 Å². The smallest absolute Gasteiger partial charge is 0.310 e. The van der Waals surface area contributed by atoms with Crippen LogP contribution in [0.1, 0.15) is 31.9 Å². The van der Waals surface area contributed by atoms with E-state index in [1.54, 1.807) is 6.07 Å². The van der Waals surface area contributed by atoms with Crippen LogP contribution in [0.5, 0.6) is 0 Å². The Labute approximate surface area is 108 Å². The maximum atomic E-state index is 11.8. The van der Waals surface area contributed by atoms with Gasteiger partial charge in [0, 0.05) is 5.69 Å². The highest BCUT2D eigenvalue weighted by molar-refractivity contribution is 5.73. The van der Waals surface area contributed by atoms with Crippen LogP contribution in [0, 0.1) is 0 Å². The Morgan fingerprint density at radius 1 is 1.28 bits per heavy atom. The highest BCUT2D eigenvalue weighted by Crippen LogP contribution is 2.17. The fraction of sp³-hybridized carbons (Fsp3) is 0.500. The van der Waals surface area contributed by atoms with E-state index < -0.39 is 5.60 Å². The van der Waals surface area contributed by atoms with Gasteiger partial charge in [0.05, 0.1) is 6.42 Å². The van der Waals surface area contributed by atoms with Gasteiger partial charge in [-0.2, -0.15) is 0 Å². The first-order valence-electron chi connectivity index (χ1n) is 6.11. The summed E-state index contributed by atoms with van der Waals surface area (Å²) in [5.41, 5.74) is 13.5. The fourth-order valence-corrected chi connectivity index (χ4v) is 1.74. The summed E-state index contributed by atoms with van der Waals surface area (Å²) in [6.07, 6.45) is 0.968. The number of nitrogen functional groups attached to an aromatic ring is 1. The Morgan fingerprint density at radius 3 is 2.50 bits per heavy atom. The molecule has 1 rings (SSSR count). The van der Waals surface area contributed by atoms with Crippen molar-refractivity contribution in [1.29, 1.82) is 0 Å². The third-order valence-electron chi connectivity index (χ3n) is 2.40. The second-order valence-corrected chi connectivity index (χ2v) is 5.33. The second kappa shape index (κ2) is 5.87. The average Bonchev–Trinajstić information content (AvgIpc) is 2.20. The molecule has 0 unspecified atom stereocenters. The Morgan fingerprint density at radius 2 is 1.94 bits per heavy atom. The number of ether oxygens (including phenoxy) is 1. The Hall–Kier alpha value is -1.55. The lowest BCUT2D eigenvalue weighted by atomic mass is 10.0. The van der Waals surface area contributed by atoms with E-state index in [1.165, 1.54) is 0 Å². The first kappa shape index (κ1) is 14.5. The molecule has 18 heavy (non-hydrogen) atoms. The SMILES string of the molecule is CC(C)(C)OC(=O)Cc1ccc(N)cc1CCN. The molecular weight excluding hydrogens is 228 g/mol. The minimum Gasteiger partial charge on any atom is -0.460 e. The summed E-state index contributed by atoms with van der Waals surface area (Å²) >= 11 is 0. The van der Waals surface area contributed by atoms with Crippen molar-refractivity contribution in [3.05, 3.63) is 29.3 Å². The molecule has 0 aliphatic heterocycles. The van der Waals surface area contributed by atoms with Crippen LogP contribution in [0.3, 0.4) is 0 Å². The number of benzene rings is 1. The molecule has 4 nitrogen and oxygen atoms in total. The number of anilines is 1. The van der Waals surface area contributed by atoms with Gasteiger partial charge in [-0.05, 0) is 57.0 Å². The minimum absolute atomic E-state index is 0.231. The number of nitrogens with two attached hydrogens (primary N) is 2. The molecule has 4 N–H and O–H groups in total. The van der Waals surface area contributed by atoms with E-state index in [2.05, 4.69) is 0 Å². The van der Waals surface area contributed by atoms with Gasteiger partial charge in [0.25, 0.3) is 0 Å². The van der Waals surface area contributed by atoms with Crippen molar-refractivity contribution in [3.8, 4) is 0 Å². The van der Waals surface area contributed by atoms with E-state index in [0.29, 0.717) is 18.7 Å². The molecule has 0 aliphatic rings. The van der Waals surface area contributed by atoms with Crippen LogP contribution >= 0.6 is 0 Å². The molecule has 0 fully saturated rings. The third-order valence-corrected chi connectivity index (χ3v) is 2.40. The first-order valence-corrected chi connectivity index (χ1v) is 6.11. The van der Waals surface area contributed by atoms with Crippen LogP contribution in [0.25, 0.3) is 0 Å². The zero-order valence-corrected chi connectivity index (χ0v) is 11.3. The number of rotatable bonds is 4. The molecule has 1 aromatic carbocycles. The molecule has 100 valence electrons. The van der Waals surface area contributed by atoms with E-state index in [0.717, 1.165) is 11.1 Å². The Bertz CT molecular complexity index is 422. The summed E-state index contributed by atoms with van der Waals surface area (Å²) in [6.45, 7) is 6.10. The van der Waals surface area contributed by atoms with Crippen LogP contribution in [0.2, 0.25) is 0 Å². The summed E-state index contributed by atoms with van der Waals surface area (Å²) in [7, 11) is 0. The van der Waals surface area contributed by atoms with Crippen molar-refractivity contribution < 1.29 is 9.53 Å². The van der Waals surface area contributed by atoms with Crippen molar-refractivity contribution in [1.82, 2.24) is 0 Å². The van der Waals surface area contributed by atoms with Crippen LogP contribution < -0.4 is 11.5 Å². The maximum Gasteiger partial charge on any atom is 0.310 e. The lowest BCUT2D eigenvalue weighted by Crippen LogP contribution is -2.25. The van der Waals surface area contributed by atoms with E-state index in [-0.39, 0.29) is 12.4 Å². The molecule has 0 heterocycles. The second-order valence-electron chi connectivity index (χ2n) is 5.33. The lowest BCUT2D eigenvalue weighted by molar-refractivity contribution is -0.153. The zero-order chi connectivity index (χ0) is 13.8. The van der Waals surface area contributed by atoms with Gasteiger partial charge < -0.3 is 16.2 Å². The number of carbonyl (C=O) groups excluding carboxylic acids is 1. The van der Waals surface area contributed by atoms with Crippen LogP contribution in [-0.4, -0.2) is 18.1 Å². The van der Waals surface area contributed by atoms with Gasteiger partial charge in [-0.1, -0.05) is 6.07 Å². The predicted octanol–water partition coefficient (Wildman–Crippen LogP) is 1.65. The normalized spacial score (nSPS) is 11.3. The van der Waals surface area contributed by atoms with Crippen molar-refractivity contribution >= 4 is 11.7 Å². The molecule has 0 amide bonds. The summed E-state index contributed by atoms with van der Waals surface area (Å²) in [6, 6.07) is 5.52. The van der Waals surface area contributed by atoms with Crippen LogP contribution in [-0.2, 0) is 22.4 Å². The van der Waals surface area contributed by atoms with Gasteiger partial charge in [0.1, 0.15) is 5.60 Å². The molecule has 0 spiro atoms. The molecule has 0 saturated heterocycles. The van der Waals surface area contributed by atoms with E-state index in [9.17, 15) is 4.79 Å². The standard InChI is InChI=1S/C14H22N2O2/c1-14(2,3)18-13(17)9-10-4-5-12(16)8-11(10)6-7-15/h4-5,8H,6-7,9,15-16H2,1-3H3. The average molecular weight is 250 g/mol. The maximum absolute atomic E-state index is 11.8. The molecule has 0 atom stereocenters. The number of hydrogen-bond acceptors (Lipinski definition) is 4. The topological polar surface area (TPSA) is 78.3 Å². The minimum atomic E-state index is -0.459. The van der Waals surface area contributed by atoms with Gasteiger partial charge >= 0.3 is 5.97 Å². The van der Waals surface area contributed by atoms with E-state index >= 15 is 0 Å². The van der Waals surface area contributed by atoms with Crippen molar-refractivity contribution in [2.45, 2.75) is 39.2 Å². The molecule has 0 aromatic heterocycles. The molecule has 0 saturated carbocycles. The van der Waals surface area contributed by atoms with Crippen molar-refractivity contribution in [2.24, 2.45) is 5.73 Å². The van der Waals surface area contributed by atoms with Crippen molar-refractivity contribution in [2.75, 3.05) is 12.3 Å². The third kappa shape index (κ3) is 4.75. The van der Waals surface area contributed by atoms with Crippen molar-refractivity contribution in [3.63, 3.8) is 0 Å². The molecule has 0 radical (unpaired) electrons. The van der Waals surface area contributed by atoms with Gasteiger partial charge in [-0.25, -0.2) is 0 Å². The first-order chi connectivity index (χ1) is 8.31. The number of esters is 1. The molecule has 4 heteroatoms. The van der Waals surface area contributed by atoms with Gasteiger partial charge in [0.15, 0.2) is 0 Å². The predicted molar refractivity (Wildman–Crippen MR) is 73.2 cm³/mol. The van der Waals surface area contributed by atoms with Gasteiger partial charge in [-0.3, -0.25) is 4.79 Å². The van der Waals surface area contributed by atoms with E-state index in [4.69, 9.17) is 16.2 Å². The monoisotopic (exact) mass is 250 g/mol. The zero-order valence-electron chi connectivity index (χ0n) is 11.3. The van der Waals surface area contributed by atoms with Crippen LogP contribution in [0.15, 0.2) is 18.2 Å². The Balaban J connectivity index is 2.80. The highest BCUT2D eigenvalue weighted by atomic mass is 16.6. The fourth-order valence-electron chi connectivity index (χ4n) is 1.74.